The number of hydrogen-bond donors (Lipinski definition) is 1. The van der Waals surface area contributed by atoms with Gasteiger partial charge in [0.2, 0.25) is 5.82 Å². The zero-order valence-electron chi connectivity index (χ0n) is 9.73. The molecule has 1 N–H and O–H groups in total. The Morgan fingerprint density at radius 3 is 2.75 bits per heavy atom. The Balaban J connectivity index is 3.24. The van der Waals surface area contributed by atoms with Gasteiger partial charge in [-0.05, 0) is 0 Å². The van der Waals surface area contributed by atoms with Crippen LogP contribution in [0.2, 0.25) is 0 Å². The van der Waals surface area contributed by atoms with Gasteiger partial charge >= 0.3 is 5.69 Å². The van der Waals surface area contributed by atoms with Crippen molar-refractivity contribution in [1.29, 1.82) is 0 Å². The first-order valence-electron chi connectivity index (χ1n) is 5.05. The molecule has 1 rings (SSSR count). The zero-order valence-corrected chi connectivity index (χ0v) is 9.73. The van der Waals surface area contributed by atoms with Crippen molar-refractivity contribution in [3.63, 3.8) is 0 Å². The molecule has 1 heterocycles. The van der Waals surface area contributed by atoms with Crippen LogP contribution in [-0.4, -0.2) is 21.2 Å². The molecule has 88 valence electrons. The fraction of sp³-hybridized carbons (Fsp3) is 0.500. The molecule has 0 saturated heterocycles. The van der Waals surface area contributed by atoms with E-state index in [1.807, 2.05) is 13.8 Å². The van der Waals surface area contributed by atoms with E-state index in [9.17, 15) is 10.1 Å². The molecule has 0 unspecified atom stereocenters. The largest absolute Gasteiger partial charge is 0.361 e. The van der Waals surface area contributed by atoms with Crippen molar-refractivity contribution >= 4 is 11.5 Å². The van der Waals surface area contributed by atoms with Crippen molar-refractivity contribution in [2.45, 2.75) is 19.8 Å². The third kappa shape index (κ3) is 2.21. The van der Waals surface area contributed by atoms with Crippen molar-refractivity contribution in [2.75, 3.05) is 11.9 Å². The Morgan fingerprint density at radius 1 is 1.69 bits per heavy atom. The molecule has 6 heteroatoms. The number of nitro groups is 1. The first kappa shape index (κ1) is 12.2. The van der Waals surface area contributed by atoms with Crippen LogP contribution in [0, 0.1) is 10.1 Å². The summed E-state index contributed by atoms with van der Waals surface area (Å²) in [6.45, 7) is 7.79. The third-order valence-electron chi connectivity index (χ3n) is 2.19. The molecule has 0 spiro atoms. The number of aromatic nitrogens is 2. The van der Waals surface area contributed by atoms with E-state index in [2.05, 4.69) is 17.0 Å². The van der Waals surface area contributed by atoms with Gasteiger partial charge in [-0.15, -0.1) is 6.58 Å². The van der Waals surface area contributed by atoms with Crippen LogP contribution in [0.1, 0.15) is 25.5 Å². The lowest BCUT2D eigenvalue weighted by Crippen LogP contribution is -2.05. The lowest BCUT2D eigenvalue weighted by Gasteiger charge is -2.02. The van der Waals surface area contributed by atoms with Crippen molar-refractivity contribution in [2.24, 2.45) is 7.05 Å². The van der Waals surface area contributed by atoms with Crippen LogP contribution in [-0.2, 0) is 7.05 Å². The summed E-state index contributed by atoms with van der Waals surface area (Å²) in [5, 5.41) is 18.1. The highest BCUT2D eigenvalue weighted by molar-refractivity contribution is 5.60. The first-order valence-corrected chi connectivity index (χ1v) is 5.05. The molecule has 0 aromatic carbocycles. The quantitative estimate of drug-likeness (QED) is 0.472. The van der Waals surface area contributed by atoms with E-state index < -0.39 is 4.92 Å². The summed E-state index contributed by atoms with van der Waals surface area (Å²) in [5.74, 6) is 0.444. The second kappa shape index (κ2) is 4.78. The maximum absolute atomic E-state index is 11.0. The van der Waals surface area contributed by atoms with Crippen molar-refractivity contribution in [3.8, 4) is 0 Å². The maximum atomic E-state index is 11.0. The monoisotopic (exact) mass is 224 g/mol. The van der Waals surface area contributed by atoms with E-state index in [0.717, 1.165) is 0 Å². The minimum atomic E-state index is -0.395. The lowest BCUT2D eigenvalue weighted by molar-refractivity contribution is -0.384. The fourth-order valence-electron chi connectivity index (χ4n) is 1.47. The number of hydrogen-bond acceptors (Lipinski definition) is 4. The van der Waals surface area contributed by atoms with Gasteiger partial charge in [0.1, 0.15) is 5.69 Å². The van der Waals surface area contributed by atoms with Crippen LogP contribution in [0.5, 0.6) is 0 Å². The molecule has 1 aromatic rings. The van der Waals surface area contributed by atoms with Gasteiger partial charge in [0, 0.05) is 19.5 Å². The van der Waals surface area contributed by atoms with Crippen LogP contribution in [0.3, 0.4) is 0 Å². The van der Waals surface area contributed by atoms with Crippen LogP contribution in [0.4, 0.5) is 11.5 Å². The Kier molecular flexibility index (Phi) is 3.65. The highest BCUT2D eigenvalue weighted by atomic mass is 16.6. The molecular formula is C10H16N4O2. The predicted molar refractivity (Wildman–Crippen MR) is 62.6 cm³/mol. The standard InChI is InChI=1S/C10H16N4O2/c1-5-6-11-10-9(14(15)16)8(7(2)3)12-13(10)4/h5,7,11H,1,6H2,2-4H3. The summed E-state index contributed by atoms with van der Waals surface area (Å²) in [6, 6.07) is 0. The smallest absolute Gasteiger partial charge is 0.334 e. The normalized spacial score (nSPS) is 10.5. The molecule has 0 radical (unpaired) electrons. The summed E-state index contributed by atoms with van der Waals surface area (Å²) in [5.41, 5.74) is 0.554. The molecule has 0 atom stereocenters. The molecule has 0 aliphatic carbocycles. The zero-order chi connectivity index (χ0) is 12.3. The van der Waals surface area contributed by atoms with E-state index in [0.29, 0.717) is 18.1 Å². The van der Waals surface area contributed by atoms with E-state index in [1.54, 1.807) is 13.1 Å². The summed E-state index contributed by atoms with van der Waals surface area (Å²) < 4.78 is 1.50. The average molecular weight is 224 g/mol. The fourth-order valence-corrected chi connectivity index (χ4v) is 1.47. The number of nitrogens with one attached hydrogen (secondary N) is 1. The van der Waals surface area contributed by atoms with Gasteiger partial charge in [0.15, 0.2) is 0 Å². The Hall–Kier alpha value is -1.85. The topological polar surface area (TPSA) is 73.0 Å². The lowest BCUT2D eigenvalue weighted by atomic mass is 10.1. The third-order valence-corrected chi connectivity index (χ3v) is 2.19. The van der Waals surface area contributed by atoms with E-state index in [-0.39, 0.29) is 11.6 Å². The number of anilines is 1. The molecule has 0 aliphatic rings. The average Bonchev–Trinajstić information content (AvgIpc) is 2.52. The summed E-state index contributed by atoms with van der Waals surface area (Å²) in [7, 11) is 1.68. The second-order valence-electron chi connectivity index (χ2n) is 3.79. The molecule has 0 aliphatic heterocycles. The summed E-state index contributed by atoms with van der Waals surface area (Å²) >= 11 is 0. The summed E-state index contributed by atoms with van der Waals surface area (Å²) in [4.78, 5) is 10.6. The minimum Gasteiger partial charge on any atom is -0.361 e. The predicted octanol–water partition coefficient (Wildman–Crippen LogP) is 2.05. The minimum absolute atomic E-state index is 0.0193. The maximum Gasteiger partial charge on any atom is 0.334 e. The Morgan fingerprint density at radius 2 is 2.31 bits per heavy atom. The molecule has 0 bridgehead atoms. The molecular weight excluding hydrogens is 208 g/mol. The van der Waals surface area contributed by atoms with E-state index in [4.69, 9.17) is 0 Å². The van der Waals surface area contributed by atoms with Gasteiger partial charge in [-0.1, -0.05) is 19.9 Å². The van der Waals surface area contributed by atoms with Crippen molar-refractivity contribution in [1.82, 2.24) is 9.78 Å². The highest BCUT2D eigenvalue weighted by Crippen LogP contribution is 2.32. The highest BCUT2D eigenvalue weighted by Gasteiger charge is 2.27. The van der Waals surface area contributed by atoms with E-state index in [1.165, 1.54) is 4.68 Å². The molecule has 16 heavy (non-hydrogen) atoms. The van der Waals surface area contributed by atoms with Crippen LogP contribution < -0.4 is 5.32 Å². The van der Waals surface area contributed by atoms with Gasteiger partial charge < -0.3 is 5.32 Å². The Labute approximate surface area is 94.1 Å². The number of rotatable bonds is 5. The Bertz CT molecular complexity index is 409. The second-order valence-corrected chi connectivity index (χ2v) is 3.79. The molecule has 6 nitrogen and oxygen atoms in total. The van der Waals surface area contributed by atoms with E-state index >= 15 is 0 Å². The van der Waals surface area contributed by atoms with Crippen molar-refractivity contribution < 1.29 is 4.92 Å². The van der Waals surface area contributed by atoms with Gasteiger partial charge in [0.05, 0.1) is 4.92 Å². The molecule has 0 fully saturated rings. The van der Waals surface area contributed by atoms with Crippen LogP contribution in [0.15, 0.2) is 12.7 Å². The molecule has 1 aromatic heterocycles. The van der Waals surface area contributed by atoms with Crippen molar-refractivity contribution in [3.05, 3.63) is 28.5 Å². The van der Waals surface area contributed by atoms with Gasteiger partial charge in [0.25, 0.3) is 0 Å². The molecule has 0 amide bonds. The SMILES string of the molecule is C=CCNc1c([N+](=O)[O-])c(C(C)C)nn1C. The number of nitrogens with zero attached hydrogens (tertiary/aromatic N) is 3. The van der Waals surface area contributed by atoms with Gasteiger partial charge in [-0.3, -0.25) is 10.1 Å². The van der Waals surface area contributed by atoms with Gasteiger partial charge in [-0.2, -0.15) is 5.10 Å². The summed E-state index contributed by atoms with van der Waals surface area (Å²) in [6.07, 6.45) is 1.64. The van der Waals surface area contributed by atoms with Gasteiger partial charge in [-0.25, -0.2) is 4.68 Å². The first-order chi connectivity index (χ1) is 7.49. The van der Waals surface area contributed by atoms with Crippen LogP contribution in [0.25, 0.3) is 0 Å². The number of aryl methyl sites for hydroxylation is 1. The molecule has 0 saturated carbocycles. The van der Waals surface area contributed by atoms with Crippen LogP contribution >= 0.6 is 0 Å².